The van der Waals surface area contributed by atoms with Gasteiger partial charge in [0.15, 0.2) is 0 Å². The second kappa shape index (κ2) is 3.97. The molecule has 0 spiro atoms. The van der Waals surface area contributed by atoms with Crippen LogP contribution < -0.4 is 5.73 Å². The molecule has 0 bridgehead atoms. The van der Waals surface area contributed by atoms with Crippen molar-refractivity contribution in [1.29, 1.82) is 0 Å². The fraction of sp³-hybridized carbons (Fsp3) is 0.222. The SMILES string of the molecule is COC(=O)[C@H](N)c1cc(O)cc(O)c1. The maximum atomic E-state index is 11.0. The Labute approximate surface area is 80.7 Å². The van der Waals surface area contributed by atoms with Crippen molar-refractivity contribution in [3.05, 3.63) is 23.8 Å². The van der Waals surface area contributed by atoms with Crippen LogP contribution >= 0.6 is 0 Å². The summed E-state index contributed by atoms with van der Waals surface area (Å²) in [6, 6.07) is 2.73. The standard InChI is InChI=1S/C9H11NO4/c1-14-9(13)8(10)5-2-6(11)4-7(12)3-5/h2-4,8,11-12H,10H2,1H3/t8-/m1/s1. The molecule has 0 aliphatic heterocycles. The van der Waals surface area contributed by atoms with E-state index in [9.17, 15) is 4.79 Å². The van der Waals surface area contributed by atoms with Gasteiger partial charge in [-0.2, -0.15) is 0 Å². The van der Waals surface area contributed by atoms with Crippen LogP contribution in [-0.2, 0) is 9.53 Å². The number of carbonyl (C=O) groups excluding carboxylic acids is 1. The van der Waals surface area contributed by atoms with Gasteiger partial charge in [-0.3, -0.25) is 4.79 Å². The second-order valence-electron chi connectivity index (χ2n) is 2.78. The summed E-state index contributed by atoms with van der Waals surface area (Å²) in [6.45, 7) is 0. The van der Waals surface area contributed by atoms with E-state index in [1.165, 1.54) is 19.2 Å². The van der Waals surface area contributed by atoms with Crippen molar-refractivity contribution >= 4 is 5.97 Å². The number of phenolic OH excluding ortho intramolecular Hbond substituents is 2. The first-order valence-electron chi connectivity index (χ1n) is 3.91. The predicted molar refractivity (Wildman–Crippen MR) is 48.7 cm³/mol. The molecule has 0 aliphatic rings. The molecule has 5 nitrogen and oxygen atoms in total. The summed E-state index contributed by atoms with van der Waals surface area (Å²) in [7, 11) is 1.21. The van der Waals surface area contributed by atoms with E-state index < -0.39 is 12.0 Å². The summed E-state index contributed by atoms with van der Waals surface area (Å²) in [4.78, 5) is 11.0. The van der Waals surface area contributed by atoms with E-state index in [1.54, 1.807) is 0 Å². The Morgan fingerprint density at radius 1 is 1.36 bits per heavy atom. The molecule has 4 N–H and O–H groups in total. The van der Waals surface area contributed by atoms with Gasteiger partial charge in [0, 0.05) is 6.07 Å². The van der Waals surface area contributed by atoms with Crippen molar-refractivity contribution in [3.8, 4) is 11.5 Å². The highest BCUT2D eigenvalue weighted by Gasteiger charge is 2.17. The van der Waals surface area contributed by atoms with E-state index >= 15 is 0 Å². The molecule has 0 radical (unpaired) electrons. The number of esters is 1. The summed E-state index contributed by atoms with van der Waals surface area (Å²) >= 11 is 0. The Bertz CT molecular complexity index is 330. The molecule has 76 valence electrons. The summed E-state index contributed by atoms with van der Waals surface area (Å²) in [5, 5.41) is 18.3. The molecule has 0 saturated carbocycles. The van der Waals surface area contributed by atoms with Crippen LogP contribution in [0.15, 0.2) is 18.2 Å². The van der Waals surface area contributed by atoms with Gasteiger partial charge in [0.25, 0.3) is 0 Å². The Kier molecular flexibility index (Phi) is 2.93. The van der Waals surface area contributed by atoms with E-state index in [4.69, 9.17) is 15.9 Å². The summed E-state index contributed by atoms with van der Waals surface area (Å²) in [6.07, 6.45) is 0. The lowest BCUT2D eigenvalue weighted by atomic mass is 10.1. The number of hydrogen-bond acceptors (Lipinski definition) is 5. The normalized spacial score (nSPS) is 12.1. The van der Waals surface area contributed by atoms with Crippen molar-refractivity contribution in [1.82, 2.24) is 0 Å². The van der Waals surface area contributed by atoms with Gasteiger partial charge in [0.2, 0.25) is 0 Å². The van der Waals surface area contributed by atoms with Crippen molar-refractivity contribution in [3.63, 3.8) is 0 Å². The molecule has 0 saturated heterocycles. The Balaban J connectivity index is 3.00. The largest absolute Gasteiger partial charge is 0.508 e. The van der Waals surface area contributed by atoms with Gasteiger partial charge in [-0.05, 0) is 17.7 Å². The molecule has 0 heterocycles. The van der Waals surface area contributed by atoms with Crippen LogP contribution in [0, 0.1) is 0 Å². The highest BCUT2D eigenvalue weighted by atomic mass is 16.5. The smallest absolute Gasteiger partial charge is 0.327 e. The molecule has 1 aromatic carbocycles. The first-order valence-corrected chi connectivity index (χ1v) is 3.91. The van der Waals surface area contributed by atoms with Crippen LogP contribution in [-0.4, -0.2) is 23.3 Å². The van der Waals surface area contributed by atoms with E-state index in [0.29, 0.717) is 5.56 Å². The first kappa shape index (κ1) is 10.3. The number of hydrogen-bond donors (Lipinski definition) is 3. The topological polar surface area (TPSA) is 92.8 Å². The number of nitrogens with two attached hydrogens (primary N) is 1. The molecule has 14 heavy (non-hydrogen) atoms. The molecule has 0 aliphatic carbocycles. The minimum absolute atomic E-state index is 0.153. The zero-order valence-corrected chi connectivity index (χ0v) is 7.60. The van der Waals surface area contributed by atoms with Crippen molar-refractivity contribution in [2.75, 3.05) is 7.11 Å². The Morgan fingerprint density at radius 3 is 2.29 bits per heavy atom. The Hall–Kier alpha value is -1.75. The monoisotopic (exact) mass is 197 g/mol. The number of aromatic hydroxyl groups is 2. The van der Waals surface area contributed by atoms with Crippen LogP contribution in [0.3, 0.4) is 0 Å². The summed E-state index contributed by atoms with van der Waals surface area (Å²) in [5.74, 6) is -0.936. The molecule has 5 heteroatoms. The third-order valence-electron chi connectivity index (χ3n) is 1.74. The lowest BCUT2D eigenvalue weighted by Gasteiger charge is -2.09. The average Bonchev–Trinajstić information content (AvgIpc) is 2.14. The summed E-state index contributed by atoms with van der Waals surface area (Å²) in [5.41, 5.74) is 5.79. The van der Waals surface area contributed by atoms with Crippen molar-refractivity contribution < 1.29 is 19.7 Å². The average molecular weight is 197 g/mol. The van der Waals surface area contributed by atoms with Crippen molar-refractivity contribution in [2.24, 2.45) is 5.73 Å². The molecule has 1 atom stereocenters. The molecule has 0 amide bonds. The molecule has 1 aromatic rings. The highest BCUT2D eigenvalue weighted by Crippen LogP contribution is 2.24. The molecule has 0 aromatic heterocycles. The fourth-order valence-corrected chi connectivity index (χ4v) is 1.06. The minimum atomic E-state index is -1.00. The van der Waals surface area contributed by atoms with Crippen LogP contribution in [0.2, 0.25) is 0 Å². The zero-order valence-electron chi connectivity index (χ0n) is 7.60. The van der Waals surface area contributed by atoms with E-state index in [2.05, 4.69) is 4.74 Å². The molecule has 1 rings (SSSR count). The minimum Gasteiger partial charge on any atom is -0.508 e. The van der Waals surface area contributed by atoms with Gasteiger partial charge in [-0.1, -0.05) is 0 Å². The van der Waals surface area contributed by atoms with Crippen LogP contribution in [0.1, 0.15) is 11.6 Å². The predicted octanol–water partition coefficient (Wildman–Crippen LogP) is 0.271. The summed E-state index contributed by atoms with van der Waals surface area (Å²) < 4.78 is 4.42. The van der Waals surface area contributed by atoms with Gasteiger partial charge in [-0.25, -0.2) is 0 Å². The van der Waals surface area contributed by atoms with Crippen molar-refractivity contribution in [2.45, 2.75) is 6.04 Å². The van der Waals surface area contributed by atoms with E-state index in [-0.39, 0.29) is 11.5 Å². The number of benzene rings is 1. The second-order valence-corrected chi connectivity index (χ2v) is 2.78. The highest BCUT2D eigenvalue weighted by molar-refractivity contribution is 5.77. The quantitative estimate of drug-likeness (QED) is 0.592. The molecular weight excluding hydrogens is 186 g/mol. The van der Waals surface area contributed by atoms with E-state index in [1.807, 2.05) is 0 Å². The molecule has 0 fully saturated rings. The number of methoxy groups -OCH3 is 1. The lowest BCUT2D eigenvalue weighted by Crippen LogP contribution is -2.22. The lowest BCUT2D eigenvalue weighted by molar-refractivity contribution is -0.142. The van der Waals surface area contributed by atoms with Gasteiger partial charge in [0.05, 0.1) is 7.11 Å². The van der Waals surface area contributed by atoms with Gasteiger partial charge < -0.3 is 20.7 Å². The third-order valence-corrected chi connectivity index (χ3v) is 1.74. The fourth-order valence-electron chi connectivity index (χ4n) is 1.06. The van der Waals surface area contributed by atoms with E-state index in [0.717, 1.165) is 6.07 Å². The van der Waals surface area contributed by atoms with Gasteiger partial charge >= 0.3 is 5.97 Å². The maximum Gasteiger partial charge on any atom is 0.327 e. The molecular formula is C9H11NO4. The van der Waals surface area contributed by atoms with Gasteiger partial charge in [0.1, 0.15) is 17.5 Å². The first-order chi connectivity index (χ1) is 6.54. The van der Waals surface area contributed by atoms with Crippen LogP contribution in [0.4, 0.5) is 0 Å². The van der Waals surface area contributed by atoms with Crippen LogP contribution in [0.5, 0.6) is 11.5 Å². The molecule has 0 unspecified atom stereocenters. The number of carbonyl (C=O) groups is 1. The van der Waals surface area contributed by atoms with Crippen LogP contribution in [0.25, 0.3) is 0 Å². The number of rotatable bonds is 2. The maximum absolute atomic E-state index is 11.0. The number of phenols is 2. The third kappa shape index (κ3) is 2.14. The number of ether oxygens (including phenoxy) is 1. The zero-order chi connectivity index (χ0) is 10.7. The Morgan fingerprint density at radius 2 is 1.86 bits per heavy atom. The van der Waals surface area contributed by atoms with Gasteiger partial charge in [-0.15, -0.1) is 0 Å².